The first-order valence-corrected chi connectivity index (χ1v) is 22.1. The van der Waals surface area contributed by atoms with Gasteiger partial charge >= 0.3 is 25.7 Å². The van der Waals surface area contributed by atoms with Crippen molar-refractivity contribution in [3.8, 4) is 0 Å². The van der Waals surface area contributed by atoms with E-state index in [2.05, 4.69) is 18.4 Å². The van der Waals surface area contributed by atoms with Gasteiger partial charge in [0.15, 0.2) is 6.10 Å². The highest BCUT2D eigenvalue weighted by Crippen LogP contribution is 2.43. The molecule has 0 radical (unpaired) electrons. The smallest absolute Gasteiger partial charge is 0.472 e. The van der Waals surface area contributed by atoms with Crippen molar-refractivity contribution in [2.75, 3.05) is 19.8 Å². The normalized spacial score (nSPS) is 13.8. The van der Waals surface area contributed by atoms with Gasteiger partial charge in [-0.05, 0) is 12.8 Å². The molecule has 3 atom stereocenters. The zero-order valence-electron chi connectivity index (χ0n) is 32.5. The SMILES string of the molecule is CCCCCCCCCCCCCCCCCCCCCCCC(=O)OC(COC(=O)CCCCCCCC)COP(=O)(O)OCC(N)C(=O)O. The van der Waals surface area contributed by atoms with Crippen LogP contribution in [0.15, 0.2) is 0 Å². The van der Waals surface area contributed by atoms with Crippen molar-refractivity contribution in [2.24, 2.45) is 5.73 Å². The summed E-state index contributed by atoms with van der Waals surface area (Å²) >= 11 is 0. The van der Waals surface area contributed by atoms with Gasteiger partial charge in [-0.1, -0.05) is 174 Å². The Morgan fingerprint density at radius 3 is 1.24 bits per heavy atom. The Labute approximate surface area is 310 Å². The van der Waals surface area contributed by atoms with Crippen molar-refractivity contribution >= 4 is 25.7 Å². The Kier molecular flexibility index (Phi) is 34.4. The topological polar surface area (TPSA) is 172 Å². The highest BCUT2D eigenvalue weighted by atomic mass is 31.2. The molecular formula is C39H76NO10P. The first-order chi connectivity index (χ1) is 24.6. The first-order valence-electron chi connectivity index (χ1n) is 20.6. The summed E-state index contributed by atoms with van der Waals surface area (Å²) < 4.78 is 32.5. The number of ether oxygens (including phenoxy) is 2. The van der Waals surface area contributed by atoms with Crippen molar-refractivity contribution in [2.45, 2.75) is 212 Å². The fraction of sp³-hybridized carbons (Fsp3) is 0.923. The van der Waals surface area contributed by atoms with Crippen LogP contribution in [-0.4, -0.2) is 59.9 Å². The van der Waals surface area contributed by atoms with E-state index in [1.807, 2.05) is 0 Å². The predicted molar refractivity (Wildman–Crippen MR) is 203 cm³/mol. The molecule has 3 unspecified atom stereocenters. The third-order valence-electron chi connectivity index (χ3n) is 9.11. The molecule has 0 aliphatic heterocycles. The van der Waals surface area contributed by atoms with E-state index in [0.29, 0.717) is 12.8 Å². The van der Waals surface area contributed by atoms with Gasteiger partial charge < -0.3 is 25.2 Å². The summed E-state index contributed by atoms with van der Waals surface area (Å²) in [6, 6.07) is -1.51. The number of carbonyl (C=O) groups excluding carboxylic acids is 2. The Hall–Kier alpha value is -1.52. The minimum Gasteiger partial charge on any atom is -0.480 e. The molecule has 0 fully saturated rings. The fourth-order valence-electron chi connectivity index (χ4n) is 5.83. The largest absolute Gasteiger partial charge is 0.480 e. The summed E-state index contributed by atoms with van der Waals surface area (Å²) in [4.78, 5) is 45.6. The molecule has 0 aliphatic carbocycles. The van der Waals surface area contributed by atoms with Crippen molar-refractivity contribution in [3.05, 3.63) is 0 Å². The number of phosphoric ester groups is 1. The third-order valence-corrected chi connectivity index (χ3v) is 10.1. The van der Waals surface area contributed by atoms with Crippen LogP contribution < -0.4 is 5.73 Å². The second-order valence-corrected chi connectivity index (χ2v) is 15.6. The van der Waals surface area contributed by atoms with E-state index >= 15 is 0 Å². The quantitative estimate of drug-likeness (QED) is 0.0310. The van der Waals surface area contributed by atoms with Gasteiger partial charge in [0, 0.05) is 12.8 Å². The van der Waals surface area contributed by atoms with E-state index < -0.39 is 51.1 Å². The lowest BCUT2D eigenvalue weighted by atomic mass is 10.0. The van der Waals surface area contributed by atoms with Crippen LogP contribution in [-0.2, 0) is 37.5 Å². The lowest BCUT2D eigenvalue weighted by Crippen LogP contribution is -2.34. The van der Waals surface area contributed by atoms with Crippen LogP contribution in [0, 0.1) is 0 Å². The summed E-state index contributed by atoms with van der Waals surface area (Å²) in [5.41, 5.74) is 5.31. The number of nitrogens with two attached hydrogens (primary N) is 1. The second-order valence-electron chi connectivity index (χ2n) is 14.1. The van der Waals surface area contributed by atoms with Crippen molar-refractivity contribution < 1.29 is 47.5 Å². The summed E-state index contributed by atoms with van der Waals surface area (Å²) in [7, 11) is -4.70. The van der Waals surface area contributed by atoms with E-state index in [9.17, 15) is 23.8 Å². The first kappa shape index (κ1) is 49.5. The minimum absolute atomic E-state index is 0.169. The number of phosphoric acid groups is 1. The van der Waals surface area contributed by atoms with Gasteiger partial charge in [-0.3, -0.25) is 23.4 Å². The Balaban J connectivity index is 4.14. The summed E-state index contributed by atoms with van der Waals surface area (Å²) in [5, 5.41) is 8.84. The van der Waals surface area contributed by atoms with Crippen LogP contribution in [0.4, 0.5) is 0 Å². The number of unbranched alkanes of at least 4 members (excludes halogenated alkanes) is 25. The van der Waals surface area contributed by atoms with Gasteiger partial charge in [-0.2, -0.15) is 0 Å². The van der Waals surface area contributed by atoms with Gasteiger partial charge in [-0.15, -0.1) is 0 Å². The molecule has 0 heterocycles. The van der Waals surface area contributed by atoms with E-state index in [-0.39, 0.29) is 19.4 Å². The van der Waals surface area contributed by atoms with Crippen LogP contribution in [0.1, 0.15) is 200 Å². The van der Waals surface area contributed by atoms with Gasteiger partial charge in [-0.25, -0.2) is 4.57 Å². The Bertz CT molecular complexity index is 890. The molecule has 4 N–H and O–H groups in total. The molecule has 302 valence electrons. The monoisotopic (exact) mass is 750 g/mol. The molecule has 51 heavy (non-hydrogen) atoms. The van der Waals surface area contributed by atoms with Crippen molar-refractivity contribution in [3.63, 3.8) is 0 Å². The molecular weight excluding hydrogens is 673 g/mol. The van der Waals surface area contributed by atoms with Crippen molar-refractivity contribution in [1.29, 1.82) is 0 Å². The maximum Gasteiger partial charge on any atom is 0.472 e. The van der Waals surface area contributed by atoms with Gasteiger partial charge in [0.05, 0.1) is 13.2 Å². The average molecular weight is 750 g/mol. The summed E-state index contributed by atoms with van der Waals surface area (Å²) in [6.45, 7) is 2.74. The van der Waals surface area contributed by atoms with Gasteiger partial charge in [0.1, 0.15) is 12.6 Å². The Morgan fingerprint density at radius 2 is 0.863 bits per heavy atom. The fourth-order valence-corrected chi connectivity index (χ4v) is 6.61. The van der Waals surface area contributed by atoms with Crippen LogP contribution in [0.3, 0.4) is 0 Å². The Morgan fingerprint density at radius 1 is 0.529 bits per heavy atom. The van der Waals surface area contributed by atoms with E-state index in [0.717, 1.165) is 51.4 Å². The highest BCUT2D eigenvalue weighted by molar-refractivity contribution is 7.47. The molecule has 0 aromatic carbocycles. The molecule has 0 spiro atoms. The number of aliphatic carboxylic acids is 1. The second kappa shape index (κ2) is 35.5. The zero-order valence-corrected chi connectivity index (χ0v) is 33.4. The molecule has 0 aromatic rings. The van der Waals surface area contributed by atoms with Gasteiger partial charge in [0.2, 0.25) is 0 Å². The lowest BCUT2D eigenvalue weighted by Gasteiger charge is -2.20. The molecule has 0 rings (SSSR count). The lowest BCUT2D eigenvalue weighted by molar-refractivity contribution is -0.161. The molecule has 0 amide bonds. The maximum atomic E-state index is 12.5. The number of carbonyl (C=O) groups is 3. The van der Waals surface area contributed by atoms with E-state index in [1.54, 1.807) is 0 Å². The summed E-state index contributed by atoms with van der Waals surface area (Å²) in [5.74, 6) is -2.37. The molecule has 0 bridgehead atoms. The van der Waals surface area contributed by atoms with Crippen molar-refractivity contribution in [1.82, 2.24) is 0 Å². The highest BCUT2D eigenvalue weighted by Gasteiger charge is 2.28. The number of esters is 2. The predicted octanol–water partition coefficient (Wildman–Crippen LogP) is 10.3. The van der Waals surface area contributed by atoms with Crippen LogP contribution >= 0.6 is 7.82 Å². The van der Waals surface area contributed by atoms with E-state index in [4.69, 9.17) is 24.8 Å². The average Bonchev–Trinajstić information content (AvgIpc) is 3.10. The van der Waals surface area contributed by atoms with E-state index in [1.165, 1.54) is 109 Å². The standard InChI is InChI=1S/C39H76NO10P/c1-3-5-7-9-11-12-13-14-15-16-17-18-19-20-21-22-23-24-25-27-29-31-38(42)50-35(32-47-37(41)30-28-26-10-8-6-4-2)33-48-51(45,46)49-34-36(40)39(43)44/h35-36H,3-34,40H2,1-2H3,(H,43,44)(H,45,46). The van der Waals surface area contributed by atoms with Crippen LogP contribution in [0.2, 0.25) is 0 Å². The number of hydrogen-bond acceptors (Lipinski definition) is 9. The molecule has 0 aromatic heterocycles. The van der Waals surface area contributed by atoms with Gasteiger partial charge in [0.25, 0.3) is 0 Å². The zero-order chi connectivity index (χ0) is 37.8. The van der Waals surface area contributed by atoms with Crippen LogP contribution in [0.25, 0.3) is 0 Å². The molecule has 0 saturated carbocycles. The molecule has 11 nitrogen and oxygen atoms in total. The molecule has 12 heteroatoms. The number of hydrogen-bond donors (Lipinski definition) is 3. The van der Waals surface area contributed by atoms with Crippen LogP contribution in [0.5, 0.6) is 0 Å². The maximum absolute atomic E-state index is 12.5. The number of rotatable bonds is 39. The number of carboxylic acid groups (broad SMARTS) is 1. The third kappa shape index (κ3) is 35.3. The number of carboxylic acids is 1. The minimum atomic E-state index is -4.70. The molecule has 0 saturated heterocycles. The summed E-state index contributed by atoms with van der Waals surface area (Å²) in [6.07, 6.45) is 32.2. The molecule has 0 aliphatic rings.